The Kier molecular flexibility index (Phi) is 3.19. The van der Waals surface area contributed by atoms with Gasteiger partial charge in [0.2, 0.25) is 0 Å². The van der Waals surface area contributed by atoms with Gasteiger partial charge in [0.25, 0.3) is 0 Å². The third-order valence-electron chi connectivity index (χ3n) is 2.23. The molecule has 74 valence electrons. The van der Waals surface area contributed by atoms with E-state index in [1.165, 1.54) is 18.2 Å². The van der Waals surface area contributed by atoms with Crippen molar-refractivity contribution < 1.29 is 0 Å². The largest absolute Gasteiger partial charge is 0.272 e. The smallest absolute Gasteiger partial charge is 0.0923 e. The normalized spacial score (nSPS) is 10.9. The molecule has 0 unspecified atom stereocenters. The second kappa shape index (κ2) is 4.60. The van der Waals surface area contributed by atoms with Crippen molar-refractivity contribution in [3.8, 4) is 0 Å². The Morgan fingerprint density at radius 3 is 2.86 bits per heavy atom. The summed E-state index contributed by atoms with van der Waals surface area (Å²) in [6, 6.07) is 8.23. The molecule has 2 nitrogen and oxygen atoms in total. The first-order valence-electron chi connectivity index (χ1n) is 4.88. The highest BCUT2D eigenvalue weighted by molar-refractivity contribution is 9.09. The lowest BCUT2D eigenvalue weighted by molar-refractivity contribution is 0.579. The molecule has 0 saturated carbocycles. The van der Waals surface area contributed by atoms with Gasteiger partial charge in [-0.1, -0.05) is 34.1 Å². The predicted octanol–water partition coefficient (Wildman–Crippen LogP) is 3.21. The fourth-order valence-electron chi connectivity index (χ4n) is 1.50. The number of hydrogen-bond acceptors (Lipinski definition) is 1. The second-order valence-electron chi connectivity index (χ2n) is 3.35. The maximum absolute atomic E-state index is 4.49. The number of alkyl halides is 1. The number of aromatic nitrogens is 2. The van der Waals surface area contributed by atoms with Crippen molar-refractivity contribution in [1.29, 1.82) is 0 Å². The van der Waals surface area contributed by atoms with Crippen molar-refractivity contribution in [2.24, 2.45) is 0 Å². The van der Waals surface area contributed by atoms with Crippen LogP contribution in [-0.4, -0.2) is 15.1 Å². The molecule has 3 heteroatoms. The summed E-state index contributed by atoms with van der Waals surface area (Å²) < 4.78 is 2.04. The highest BCUT2D eigenvalue weighted by atomic mass is 79.9. The van der Waals surface area contributed by atoms with Gasteiger partial charge in [-0.3, -0.25) is 4.68 Å². The lowest BCUT2D eigenvalue weighted by Gasteiger charge is -1.97. The Hall–Kier alpha value is -0.830. The highest BCUT2D eigenvalue weighted by Gasteiger charge is 1.98. The van der Waals surface area contributed by atoms with Gasteiger partial charge in [0, 0.05) is 23.5 Å². The van der Waals surface area contributed by atoms with Crippen LogP contribution in [0.4, 0.5) is 0 Å². The number of nitrogens with zero attached hydrogens (tertiary/aromatic N) is 2. The SMILES string of the molecule is BrCCCCn1cc2ccccc2n1. The van der Waals surface area contributed by atoms with Crippen LogP contribution in [0.15, 0.2) is 30.5 Å². The van der Waals surface area contributed by atoms with Crippen LogP contribution in [0.2, 0.25) is 0 Å². The molecule has 0 spiro atoms. The van der Waals surface area contributed by atoms with Crippen molar-refractivity contribution in [3.05, 3.63) is 30.5 Å². The van der Waals surface area contributed by atoms with Crippen molar-refractivity contribution in [3.63, 3.8) is 0 Å². The van der Waals surface area contributed by atoms with Crippen LogP contribution in [0.3, 0.4) is 0 Å². The third kappa shape index (κ3) is 2.15. The van der Waals surface area contributed by atoms with E-state index in [0.717, 1.165) is 17.4 Å². The lowest BCUT2D eigenvalue weighted by Crippen LogP contribution is -1.98. The summed E-state index contributed by atoms with van der Waals surface area (Å²) >= 11 is 3.43. The first-order chi connectivity index (χ1) is 6.90. The van der Waals surface area contributed by atoms with Crippen LogP contribution in [0.5, 0.6) is 0 Å². The molecule has 0 atom stereocenters. The predicted molar refractivity (Wildman–Crippen MR) is 62.8 cm³/mol. The van der Waals surface area contributed by atoms with E-state index in [9.17, 15) is 0 Å². The van der Waals surface area contributed by atoms with Crippen LogP contribution in [0.25, 0.3) is 10.9 Å². The topological polar surface area (TPSA) is 17.8 Å². The number of fused-ring (bicyclic) bond motifs is 1. The molecule has 2 rings (SSSR count). The first kappa shape index (κ1) is 9.71. The van der Waals surface area contributed by atoms with E-state index in [1.807, 2.05) is 16.8 Å². The molecule has 1 aromatic heterocycles. The van der Waals surface area contributed by atoms with Gasteiger partial charge in [-0.05, 0) is 18.9 Å². The Bertz CT molecular complexity index is 375. The van der Waals surface area contributed by atoms with Gasteiger partial charge < -0.3 is 0 Å². The zero-order chi connectivity index (χ0) is 9.80. The van der Waals surface area contributed by atoms with Crippen molar-refractivity contribution in [2.75, 3.05) is 5.33 Å². The molecule has 0 saturated heterocycles. The molecule has 0 aliphatic rings. The number of benzene rings is 1. The van der Waals surface area contributed by atoms with Crippen LogP contribution in [0, 0.1) is 0 Å². The summed E-state index contributed by atoms with van der Waals surface area (Å²) in [7, 11) is 0. The van der Waals surface area contributed by atoms with Gasteiger partial charge in [-0.15, -0.1) is 0 Å². The summed E-state index contributed by atoms with van der Waals surface area (Å²) in [4.78, 5) is 0. The van der Waals surface area contributed by atoms with Crippen molar-refractivity contribution in [2.45, 2.75) is 19.4 Å². The maximum atomic E-state index is 4.49. The lowest BCUT2D eigenvalue weighted by atomic mass is 10.3. The summed E-state index contributed by atoms with van der Waals surface area (Å²) in [5, 5.41) is 6.79. The van der Waals surface area contributed by atoms with Gasteiger partial charge in [0.1, 0.15) is 0 Å². The quantitative estimate of drug-likeness (QED) is 0.604. The first-order valence-corrected chi connectivity index (χ1v) is 6.00. The average molecular weight is 253 g/mol. The minimum absolute atomic E-state index is 1.01. The van der Waals surface area contributed by atoms with E-state index in [2.05, 4.69) is 39.4 Å². The van der Waals surface area contributed by atoms with Crippen LogP contribution >= 0.6 is 15.9 Å². The Morgan fingerprint density at radius 1 is 1.21 bits per heavy atom. The molecule has 0 bridgehead atoms. The zero-order valence-electron chi connectivity index (χ0n) is 7.99. The molecule has 0 radical (unpaired) electrons. The van der Waals surface area contributed by atoms with Gasteiger partial charge in [-0.2, -0.15) is 5.10 Å². The average Bonchev–Trinajstić information content (AvgIpc) is 2.60. The van der Waals surface area contributed by atoms with Crippen LogP contribution < -0.4 is 0 Å². The molecule has 0 aliphatic heterocycles. The monoisotopic (exact) mass is 252 g/mol. The second-order valence-corrected chi connectivity index (χ2v) is 4.14. The molecule has 0 fully saturated rings. The van der Waals surface area contributed by atoms with E-state index in [4.69, 9.17) is 0 Å². The Morgan fingerprint density at radius 2 is 2.07 bits per heavy atom. The van der Waals surface area contributed by atoms with E-state index in [-0.39, 0.29) is 0 Å². The van der Waals surface area contributed by atoms with Crippen LogP contribution in [0.1, 0.15) is 12.8 Å². The fourth-order valence-corrected chi connectivity index (χ4v) is 1.89. The van der Waals surface area contributed by atoms with Crippen molar-refractivity contribution >= 4 is 26.8 Å². The maximum Gasteiger partial charge on any atom is 0.0923 e. The summed E-state index contributed by atoms with van der Waals surface area (Å²) in [5.41, 5.74) is 1.09. The van der Waals surface area contributed by atoms with E-state index < -0.39 is 0 Å². The van der Waals surface area contributed by atoms with E-state index in [1.54, 1.807) is 0 Å². The molecular formula is C11H13BrN2. The molecule has 1 aromatic carbocycles. The highest BCUT2D eigenvalue weighted by Crippen LogP contribution is 2.11. The van der Waals surface area contributed by atoms with E-state index >= 15 is 0 Å². The molecule has 0 aliphatic carbocycles. The van der Waals surface area contributed by atoms with Crippen LogP contribution in [-0.2, 0) is 6.54 Å². The van der Waals surface area contributed by atoms with Crippen molar-refractivity contribution in [1.82, 2.24) is 9.78 Å². The molecule has 0 N–H and O–H groups in total. The Labute approximate surface area is 92.0 Å². The standard InChI is InChI=1S/C11H13BrN2/c12-7-3-4-8-14-9-10-5-1-2-6-11(10)13-14/h1-2,5-6,9H,3-4,7-8H2. The molecule has 0 amide bonds. The van der Waals surface area contributed by atoms with Gasteiger partial charge >= 0.3 is 0 Å². The van der Waals surface area contributed by atoms with E-state index in [0.29, 0.717) is 0 Å². The molecule has 1 heterocycles. The zero-order valence-corrected chi connectivity index (χ0v) is 9.57. The molecule has 2 aromatic rings. The Balaban J connectivity index is 2.11. The molecule has 14 heavy (non-hydrogen) atoms. The summed E-state index contributed by atoms with van der Waals surface area (Å²) in [6.45, 7) is 1.01. The number of unbranched alkanes of at least 4 members (excludes halogenated alkanes) is 1. The minimum Gasteiger partial charge on any atom is -0.272 e. The number of halogens is 1. The van der Waals surface area contributed by atoms with Gasteiger partial charge in [0.05, 0.1) is 5.52 Å². The summed E-state index contributed by atoms with van der Waals surface area (Å²) in [5.74, 6) is 0. The number of hydrogen-bond donors (Lipinski definition) is 0. The number of aryl methyl sites for hydroxylation is 1. The van der Waals surface area contributed by atoms with Gasteiger partial charge in [-0.25, -0.2) is 0 Å². The number of rotatable bonds is 4. The molecular weight excluding hydrogens is 240 g/mol. The fraction of sp³-hybridized carbons (Fsp3) is 0.364. The third-order valence-corrected chi connectivity index (χ3v) is 2.79. The van der Waals surface area contributed by atoms with Gasteiger partial charge in [0.15, 0.2) is 0 Å². The minimum atomic E-state index is 1.01. The summed E-state index contributed by atoms with van der Waals surface area (Å²) in [6.07, 6.45) is 4.50.